The molecule has 0 spiro atoms. The standard InChI is InChI=1S/C14H13I/c1-10-5-3-7-12(9-10)13-8-4-6-11(2)14(13)15/h3-9H,1-2H3. The van der Waals surface area contributed by atoms with Crippen LogP contribution in [0.3, 0.4) is 0 Å². The normalized spacial score (nSPS) is 10.3. The van der Waals surface area contributed by atoms with Crippen LogP contribution in [0.2, 0.25) is 0 Å². The van der Waals surface area contributed by atoms with E-state index in [1.165, 1.54) is 25.8 Å². The van der Waals surface area contributed by atoms with Gasteiger partial charge in [-0.15, -0.1) is 0 Å². The van der Waals surface area contributed by atoms with Crippen LogP contribution in [0.4, 0.5) is 0 Å². The fraction of sp³-hybridized carbons (Fsp3) is 0.143. The molecule has 1 heteroatoms. The van der Waals surface area contributed by atoms with Crippen LogP contribution in [0.5, 0.6) is 0 Å². The molecule has 0 N–H and O–H groups in total. The average Bonchev–Trinajstić information content (AvgIpc) is 2.22. The van der Waals surface area contributed by atoms with Gasteiger partial charge in [0.2, 0.25) is 0 Å². The summed E-state index contributed by atoms with van der Waals surface area (Å²) >= 11 is 2.42. The summed E-state index contributed by atoms with van der Waals surface area (Å²) < 4.78 is 1.35. The van der Waals surface area contributed by atoms with E-state index in [0.717, 1.165) is 0 Å². The zero-order valence-electron chi connectivity index (χ0n) is 8.92. The summed E-state index contributed by atoms with van der Waals surface area (Å²) in [5, 5.41) is 0. The third kappa shape index (κ3) is 2.23. The van der Waals surface area contributed by atoms with Gasteiger partial charge in [0.1, 0.15) is 0 Å². The summed E-state index contributed by atoms with van der Waals surface area (Å²) in [7, 11) is 0. The predicted octanol–water partition coefficient (Wildman–Crippen LogP) is 4.58. The largest absolute Gasteiger partial charge is 0.0614 e. The highest BCUT2D eigenvalue weighted by Gasteiger charge is 2.04. The molecule has 0 aliphatic carbocycles. The van der Waals surface area contributed by atoms with E-state index in [0.29, 0.717) is 0 Å². The van der Waals surface area contributed by atoms with Gasteiger partial charge in [0.25, 0.3) is 0 Å². The van der Waals surface area contributed by atoms with E-state index in [4.69, 9.17) is 0 Å². The molecule has 0 fully saturated rings. The van der Waals surface area contributed by atoms with Crippen LogP contribution < -0.4 is 0 Å². The van der Waals surface area contributed by atoms with Crippen molar-refractivity contribution in [3.8, 4) is 11.1 Å². The fourth-order valence-electron chi connectivity index (χ4n) is 1.68. The third-order valence-electron chi connectivity index (χ3n) is 2.52. The smallest absolute Gasteiger partial charge is 0.0237 e. The van der Waals surface area contributed by atoms with E-state index >= 15 is 0 Å². The summed E-state index contributed by atoms with van der Waals surface area (Å²) in [6.07, 6.45) is 0. The Hall–Kier alpha value is -0.830. The van der Waals surface area contributed by atoms with Crippen LogP contribution in [-0.4, -0.2) is 0 Å². The molecule has 0 bridgehead atoms. The molecule has 0 saturated heterocycles. The van der Waals surface area contributed by atoms with Crippen LogP contribution in [0.25, 0.3) is 11.1 Å². The first kappa shape index (κ1) is 10.7. The molecule has 76 valence electrons. The second kappa shape index (κ2) is 4.35. The Morgan fingerprint density at radius 3 is 2.40 bits per heavy atom. The van der Waals surface area contributed by atoms with Gasteiger partial charge in [0.15, 0.2) is 0 Å². The molecule has 0 aromatic heterocycles. The molecular weight excluding hydrogens is 295 g/mol. The van der Waals surface area contributed by atoms with E-state index in [9.17, 15) is 0 Å². The van der Waals surface area contributed by atoms with E-state index in [1.807, 2.05) is 0 Å². The van der Waals surface area contributed by atoms with Gasteiger partial charge in [-0.1, -0.05) is 48.0 Å². The molecule has 0 heterocycles. The minimum Gasteiger partial charge on any atom is -0.0614 e. The molecule has 2 rings (SSSR count). The van der Waals surface area contributed by atoms with E-state index in [-0.39, 0.29) is 0 Å². The SMILES string of the molecule is Cc1cccc(-c2cccc(C)c2I)c1. The number of halogens is 1. The highest BCUT2D eigenvalue weighted by Crippen LogP contribution is 2.27. The van der Waals surface area contributed by atoms with Gasteiger partial charge in [0.05, 0.1) is 0 Å². The highest BCUT2D eigenvalue weighted by atomic mass is 127. The molecule has 0 radical (unpaired) electrons. The predicted molar refractivity (Wildman–Crippen MR) is 74.1 cm³/mol. The fourth-order valence-corrected chi connectivity index (χ4v) is 2.35. The Morgan fingerprint density at radius 2 is 1.67 bits per heavy atom. The maximum absolute atomic E-state index is 2.42. The lowest BCUT2D eigenvalue weighted by atomic mass is 10.0. The highest BCUT2D eigenvalue weighted by molar-refractivity contribution is 14.1. The molecule has 2 aromatic carbocycles. The van der Waals surface area contributed by atoms with Crippen molar-refractivity contribution in [1.29, 1.82) is 0 Å². The van der Waals surface area contributed by atoms with Gasteiger partial charge in [-0.2, -0.15) is 0 Å². The second-order valence-corrected chi connectivity index (χ2v) is 4.88. The van der Waals surface area contributed by atoms with Gasteiger partial charge < -0.3 is 0 Å². The van der Waals surface area contributed by atoms with Crippen molar-refractivity contribution >= 4 is 22.6 Å². The molecular formula is C14H13I. The number of benzene rings is 2. The molecule has 0 unspecified atom stereocenters. The van der Waals surface area contributed by atoms with Crippen molar-refractivity contribution in [2.75, 3.05) is 0 Å². The van der Waals surface area contributed by atoms with Crippen molar-refractivity contribution in [3.05, 3.63) is 57.2 Å². The first-order chi connectivity index (χ1) is 7.18. The first-order valence-electron chi connectivity index (χ1n) is 5.00. The Morgan fingerprint density at radius 1 is 0.933 bits per heavy atom. The van der Waals surface area contributed by atoms with E-state index < -0.39 is 0 Å². The molecule has 0 amide bonds. The Kier molecular flexibility index (Phi) is 3.10. The van der Waals surface area contributed by atoms with Crippen molar-refractivity contribution in [2.45, 2.75) is 13.8 Å². The third-order valence-corrected chi connectivity index (χ3v) is 3.95. The van der Waals surface area contributed by atoms with Gasteiger partial charge in [-0.05, 0) is 53.1 Å². The number of hydrogen-bond donors (Lipinski definition) is 0. The molecule has 2 aromatic rings. The Bertz CT molecular complexity index is 486. The van der Waals surface area contributed by atoms with Crippen LogP contribution in [0.1, 0.15) is 11.1 Å². The van der Waals surface area contributed by atoms with Crippen LogP contribution in [-0.2, 0) is 0 Å². The topological polar surface area (TPSA) is 0 Å². The summed E-state index contributed by atoms with van der Waals surface area (Å²) in [4.78, 5) is 0. The zero-order chi connectivity index (χ0) is 10.8. The zero-order valence-corrected chi connectivity index (χ0v) is 11.1. The van der Waals surface area contributed by atoms with Crippen LogP contribution >= 0.6 is 22.6 Å². The average molecular weight is 308 g/mol. The summed E-state index contributed by atoms with van der Waals surface area (Å²) in [5.74, 6) is 0. The molecule has 0 atom stereocenters. The summed E-state index contributed by atoms with van der Waals surface area (Å²) in [5.41, 5.74) is 5.29. The van der Waals surface area contributed by atoms with Crippen LogP contribution in [0.15, 0.2) is 42.5 Å². The Balaban J connectivity index is 2.59. The molecule has 0 saturated carbocycles. The maximum Gasteiger partial charge on any atom is 0.0237 e. The van der Waals surface area contributed by atoms with Crippen molar-refractivity contribution in [1.82, 2.24) is 0 Å². The van der Waals surface area contributed by atoms with Crippen molar-refractivity contribution < 1.29 is 0 Å². The van der Waals surface area contributed by atoms with Crippen LogP contribution in [0, 0.1) is 17.4 Å². The quantitative estimate of drug-likeness (QED) is 0.677. The minimum absolute atomic E-state index is 1.31. The molecule has 0 nitrogen and oxygen atoms in total. The monoisotopic (exact) mass is 308 g/mol. The van der Waals surface area contributed by atoms with Crippen molar-refractivity contribution in [3.63, 3.8) is 0 Å². The maximum atomic E-state index is 2.42. The lowest BCUT2D eigenvalue weighted by Crippen LogP contribution is -1.86. The molecule has 0 aliphatic heterocycles. The van der Waals surface area contributed by atoms with Gasteiger partial charge in [0, 0.05) is 3.57 Å². The van der Waals surface area contributed by atoms with Gasteiger partial charge in [-0.3, -0.25) is 0 Å². The number of rotatable bonds is 1. The molecule has 15 heavy (non-hydrogen) atoms. The first-order valence-corrected chi connectivity index (χ1v) is 6.08. The van der Waals surface area contributed by atoms with Gasteiger partial charge >= 0.3 is 0 Å². The number of aryl methyl sites for hydroxylation is 2. The molecule has 0 aliphatic rings. The lowest BCUT2D eigenvalue weighted by Gasteiger charge is -2.07. The lowest BCUT2D eigenvalue weighted by molar-refractivity contribution is 1.41. The Labute approximate surface area is 104 Å². The van der Waals surface area contributed by atoms with E-state index in [1.54, 1.807) is 0 Å². The summed E-state index contributed by atoms with van der Waals surface area (Å²) in [6, 6.07) is 15.1. The second-order valence-electron chi connectivity index (χ2n) is 3.81. The minimum atomic E-state index is 1.31. The summed E-state index contributed by atoms with van der Waals surface area (Å²) in [6.45, 7) is 4.28. The van der Waals surface area contributed by atoms with Gasteiger partial charge in [-0.25, -0.2) is 0 Å². The van der Waals surface area contributed by atoms with E-state index in [2.05, 4.69) is 78.9 Å². The van der Waals surface area contributed by atoms with Crippen molar-refractivity contribution in [2.24, 2.45) is 0 Å². The number of hydrogen-bond acceptors (Lipinski definition) is 0.